The summed E-state index contributed by atoms with van der Waals surface area (Å²) >= 11 is 0. The van der Waals surface area contributed by atoms with E-state index in [0.717, 1.165) is 55.1 Å². The van der Waals surface area contributed by atoms with Crippen LogP contribution in [-0.4, -0.2) is 44.9 Å². The fourth-order valence-corrected chi connectivity index (χ4v) is 5.95. The predicted octanol–water partition coefficient (Wildman–Crippen LogP) is 4.28. The molecule has 1 aliphatic heterocycles. The molecular formula is C26H34N4O2. The van der Waals surface area contributed by atoms with E-state index in [-0.39, 0.29) is 17.5 Å². The number of aromatic nitrogens is 2. The van der Waals surface area contributed by atoms with Gasteiger partial charge in [-0.05, 0) is 64.6 Å². The molecule has 2 fully saturated rings. The van der Waals surface area contributed by atoms with Gasteiger partial charge in [0.2, 0.25) is 0 Å². The van der Waals surface area contributed by atoms with E-state index in [2.05, 4.69) is 24.1 Å². The molecule has 1 amide bonds. The van der Waals surface area contributed by atoms with Crippen LogP contribution in [0.1, 0.15) is 74.5 Å². The average Bonchev–Trinajstić information content (AvgIpc) is 3.53. The monoisotopic (exact) mass is 434 g/mol. The van der Waals surface area contributed by atoms with Crippen LogP contribution in [0, 0.1) is 6.92 Å². The smallest absolute Gasteiger partial charge is 0.275 e. The van der Waals surface area contributed by atoms with Gasteiger partial charge in [-0.15, -0.1) is 0 Å². The van der Waals surface area contributed by atoms with Crippen LogP contribution in [0.5, 0.6) is 0 Å². The molecule has 170 valence electrons. The van der Waals surface area contributed by atoms with Crippen molar-refractivity contribution in [1.82, 2.24) is 19.2 Å². The first-order chi connectivity index (χ1) is 15.5. The number of nitrogens with zero attached hydrogens (tertiary/aromatic N) is 3. The molecule has 1 N–H and O–H groups in total. The topological polar surface area (TPSA) is 58.8 Å². The standard InChI is InChI=1S/C26H34N4O2/c1-17(2)28-14-8-11-20(28)15-27-25(31)23-16-29(19-9-4-5-10-19)26(32)24-18(3)21-12-6-7-13-22(21)30(23)24/h6-7,12-13,16-17,19-20H,4-5,8-11,14-15H2,1-3H3,(H,27,31). The highest BCUT2D eigenvalue weighted by Crippen LogP contribution is 2.31. The van der Waals surface area contributed by atoms with Crippen LogP contribution < -0.4 is 10.9 Å². The minimum absolute atomic E-state index is 0.0175. The number of carbonyl (C=O) groups is 1. The highest BCUT2D eigenvalue weighted by Gasteiger charge is 2.28. The van der Waals surface area contributed by atoms with E-state index in [0.29, 0.717) is 29.8 Å². The third kappa shape index (κ3) is 3.45. The Morgan fingerprint density at radius 2 is 1.88 bits per heavy atom. The van der Waals surface area contributed by atoms with Crippen molar-refractivity contribution < 1.29 is 4.79 Å². The van der Waals surface area contributed by atoms with Crippen LogP contribution in [0.3, 0.4) is 0 Å². The maximum atomic E-state index is 13.6. The second kappa shape index (κ2) is 8.39. The first-order valence-corrected chi connectivity index (χ1v) is 12.2. The van der Waals surface area contributed by atoms with Gasteiger partial charge >= 0.3 is 0 Å². The van der Waals surface area contributed by atoms with E-state index in [1.165, 1.54) is 6.42 Å². The summed E-state index contributed by atoms with van der Waals surface area (Å²) in [4.78, 5) is 29.6. The van der Waals surface area contributed by atoms with Crippen LogP contribution in [0.4, 0.5) is 0 Å². The number of hydrogen-bond acceptors (Lipinski definition) is 3. The Bertz CT molecular complexity index is 1220. The Labute approximate surface area is 189 Å². The van der Waals surface area contributed by atoms with Gasteiger partial charge < -0.3 is 9.88 Å². The molecule has 2 aliphatic rings. The van der Waals surface area contributed by atoms with E-state index in [1.54, 1.807) is 0 Å². The number of benzene rings is 1. The summed E-state index contributed by atoms with van der Waals surface area (Å²) < 4.78 is 3.74. The highest BCUT2D eigenvalue weighted by molar-refractivity contribution is 5.99. The molecule has 5 rings (SSSR count). The first-order valence-electron chi connectivity index (χ1n) is 12.2. The van der Waals surface area contributed by atoms with Gasteiger partial charge in [-0.1, -0.05) is 31.0 Å². The van der Waals surface area contributed by atoms with Gasteiger partial charge in [0, 0.05) is 36.3 Å². The summed E-state index contributed by atoms with van der Waals surface area (Å²) in [6.45, 7) is 8.17. The molecule has 1 saturated carbocycles. The van der Waals surface area contributed by atoms with E-state index in [4.69, 9.17) is 0 Å². The maximum absolute atomic E-state index is 13.6. The Kier molecular flexibility index (Phi) is 5.58. The van der Waals surface area contributed by atoms with Crippen molar-refractivity contribution in [3.8, 4) is 0 Å². The quantitative estimate of drug-likeness (QED) is 0.652. The molecule has 3 heterocycles. The molecule has 1 atom stereocenters. The van der Waals surface area contributed by atoms with Crippen molar-refractivity contribution in [2.45, 2.75) is 77.4 Å². The normalized spacial score (nSPS) is 20.2. The van der Waals surface area contributed by atoms with Crippen LogP contribution >= 0.6 is 0 Å². The van der Waals surface area contributed by atoms with E-state index in [9.17, 15) is 9.59 Å². The van der Waals surface area contributed by atoms with Crippen LogP contribution in [0.25, 0.3) is 16.4 Å². The van der Waals surface area contributed by atoms with Gasteiger partial charge in [0.15, 0.2) is 0 Å². The first kappa shape index (κ1) is 21.3. The van der Waals surface area contributed by atoms with Gasteiger partial charge in [0.1, 0.15) is 11.2 Å². The van der Waals surface area contributed by atoms with Crippen molar-refractivity contribution in [1.29, 1.82) is 0 Å². The average molecular weight is 435 g/mol. The summed E-state index contributed by atoms with van der Waals surface area (Å²) in [5, 5.41) is 4.24. The minimum atomic E-state index is -0.0990. The zero-order chi connectivity index (χ0) is 22.4. The van der Waals surface area contributed by atoms with Gasteiger partial charge in [-0.2, -0.15) is 0 Å². The second-order valence-corrected chi connectivity index (χ2v) is 9.83. The number of likely N-dealkylation sites (tertiary alicyclic amines) is 1. The largest absolute Gasteiger partial charge is 0.349 e. The zero-order valence-corrected chi connectivity index (χ0v) is 19.4. The van der Waals surface area contributed by atoms with Crippen LogP contribution in [-0.2, 0) is 0 Å². The molecule has 2 aromatic heterocycles. The van der Waals surface area contributed by atoms with E-state index >= 15 is 0 Å². The number of nitrogens with one attached hydrogen (secondary N) is 1. The highest BCUT2D eigenvalue weighted by atomic mass is 16.2. The molecule has 0 bridgehead atoms. The summed E-state index contributed by atoms with van der Waals surface area (Å²) in [5.74, 6) is -0.0990. The van der Waals surface area contributed by atoms with Gasteiger partial charge in [-0.25, -0.2) is 0 Å². The van der Waals surface area contributed by atoms with Crippen LogP contribution in [0.2, 0.25) is 0 Å². The number of carbonyl (C=O) groups excluding carboxylic acids is 1. The number of para-hydroxylation sites is 1. The lowest BCUT2D eigenvalue weighted by Crippen LogP contribution is -2.43. The van der Waals surface area contributed by atoms with Gasteiger partial charge in [0.25, 0.3) is 11.5 Å². The lowest BCUT2D eigenvalue weighted by Gasteiger charge is -2.28. The minimum Gasteiger partial charge on any atom is -0.349 e. The third-order valence-electron chi connectivity index (χ3n) is 7.60. The van der Waals surface area contributed by atoms with Crippen molar-refractivity contribution in [2.24, 2.45) is 0 Å². The van der Waals surface area contributed by atoms with E-state index < -0.39 is 0 Å². The molecule has 6 nitrogen and oxygen atoms in total. The molecule has 0 spiro atoms. The summed E-state index contributed by atoms with van der Waals surface area (Å²) in [7, 11) is 0. The number of amides is 1. The lowest BCUT2D eigenvalue weighted by molar-refractivity contribution is 0.0928. The SMILES string of the molecule is Cc1c2ccccc2n2c(C(=O)NCC3CCCN3C(C)C)cn(C3CCCC3)c(=O)c12. The Morgan fingerprint density at radius 3 is 2.62 bits per heavy atom. The zero-order valence-electron chi connectivity index (χ0n) is 19.4. The van der Waals surface area contributed by atoms with Gasteiger partial charge in [0.05, 0.1) is 5.52 Å². The predicted molar refractivity (Wildman–Crippen MR) is 129 cm³/mol. The maximum Gasteiger partial charge on any atom is 0.275 e. The van der Waals surface area contributed by atoms with Crippen molar-refractivity contribution >= 4 is 22.3 Å². The lowest BCUT2D eigenvalue weighted by atomic mass is 10.2. The molecule has 1 saturated heterocycles. The molecule has 0 radical (unpaired) electrons. The third-order valence-corrected chi connectivity index (χ3v) is 7.60. The number of hydrogen-bond donors (Lipinski definition) is 1. The van der Waals surface area contributed by atoms with Gasteiger partial charge in [-0.3, -0.25) is 18.9 Å². The number of rotatable bonds is 5. The summed E-state index contributed by atoms with van der Waals surface area (Å²) in [6.07, 6.45) is 8.39. The fourth-order valence-electron chi connectivity index (χ4n) is 5.95. The molecule has 32 heavy (non-hydrogen) atoms. The molecular weight excluding hydrogens is 400 g/mol. The molecule has 1 unspecified atom stereocenters. The molecule has 1 aliphatic carbocycles. The van der Waals surface area contributed by atoms with Crippen molar-refractivity contribution in [3.05, 3.63) is 52.1 Å². The van der Waals surface area contributed by atoms with Crippen molar-refractivity contribution in [2.75, 3.05) is 13.1 Å². The fraction of sp³-hybridized carbons (Fsp3) is 0.538. The second-order valence-electron chi connectivity index (χ2n) is 9.83. The number of aryl methyl sites for hydroxylation is 1. The van der Waals surface area contributed by atoms with E-state index in [1.807, 2.05) is 46.4 Å². The number of fused-ring (bicyclic) bond motifs is 3. The Hall–Kier alpha value is -2.60. The molecule has 6 heteroatoms. The van der Waals surface area contributed by atoms with Crippen LogP contribution in [0.15, 0.2) is 35.3 Å². The summed E-state index contributed by atoms with van der Waals surface area (Å²) in [6, 6.07) is 9.04. The Morgan fingerprint density at radius 1 is 1.12 bits per heavy atom. The summed E-state index contributed by atoms with van der Waals surface area (Å²) in [5.41, 5.74) is 3.09. The van der Waals surface area contributed by atoms with Crippen molar-refractivity contribution in [3.63, 3.8) is 0 Å². The Balaban J connectivity index is 1.59. The molecule has 1 aromatic carbocycles. The molecule has 3 aromatic rings.